The summed E-state index contributed by atoms with van der Waals surface area (Å²) in [5, 5.41) is 0. The highest BCUT2D eigenvalue weighted by atomic mass is 19.4. The summed E-state index contributed by atoms with van der Waals surface area (Å²) in [6.07, 6.45) is 0.0269. The van der Waals surface area contributed by atoms with Crippen molar-refractivity contribution in [1.29, 1.82) is 0 Å². The van der Waals surface area contributed by atoms with E-state index in [1.54, 1.807) is 6.07 Å². The van der Waals surface area contributed by atoms with Crippen LogP contribution < -0.4 is 15.2 Å². The Labute approximate surface area is 121 Å². The molecule has 0 radical (unpaired) electrons. The van der Waals surface area contributed by atoms with E-state index in [0.29, 0.717) is 6.42 Å². The Bertz CT molecular complexity index is 512. The lowest BCUT2D eigenvalue weighted by Crippen LogP contribution is -2.62. The Balaban J connectivity index is 1.76. The first-order valence-electron chi connectivity index (χ1n) is 7.18. The SMILES string of the molecule is NC1CC(Oc2ccccc2OC(F)(F)F)C12CCCC2. The number of para-hydroxylation sites is 2. The Kier molecular flexibility index (Phi) is 3.51. The van der Waals surface area contributed by atoms with Crippen LogP contribution in [-0.2, 0) is 0 Å². The van der Waals surface area contributed by atoms with Crippen molar-refractivity contribution in [2.45, 2.75) is 50.6 Å². The maximum atomic E-state index is 12.4. The third-order valence-electron chi connectivity index (χ3n) is 4.73. The summed E-state index contributed by atoms with van der Waals surface area (Å²) in [6, 6.07) is 5.99. The van der Waals surface area contributed by atoms with Crippen LogP contribution in [0.25, 0.3) is 0 Å². The summed E-state index contributed by atoms with van der Waals surface area (Å²) in [7, 11) is 0. The zero-order valence-corrected chi connectivity index (χ0v) is 11.5. The van der Waals surface area contributed by atoms with Gasteiger partial charge in [0.15, 0.2) is 11.5 Å². The number of benzene rings is 1. The Morgan fingerprint density at radius 3 is 2.29 bits per heavy atom. The molecule has 1 aromatic carbocycles. The lowest BCUT2D eigenvalue weighted by Gasteiger charge is -2.52. The molecule has 21 heavy (non-hydrogen) atoms. The van der Waals surface area contributed by atoms with Crippen LogP contribution in [0.3, 0.4) is 0 Å². The van der Waals surface area contributed by atoms with Crippen LogP contribution in [0.5, 0.6) is 11.5 Å². The van der Waals surface area contributed by atoms with Crippen LogP contribution in [0, 0.1) is 5.41 Å². The second-order valence-corrected chi connectivity index (χ2v) is 5.88. The van der Waals surface area contributed by atoms with Gasteiger partial charge in [0, 0.05) is 17.9 Å². The number of nitrogens with two attached hydrogens (primary N) is 1. The highest BCUT2D eigenvalue weighted by Gasteiger charge is 2.56. The van der Waals surface area contributed by atoms with Gasteiger partial charge in [-0.15, -0.1) is 13.2 Å². The second kappa shape index (κ2) is 5.09. The van der Waals surface area contributed by atoms with Crippen LogP contribution in [0.15, 0.2) is 24.3 Å². The highest BCUT2D eigenvalue weighted by Crippen LogP contribution is 2.54. The molecular formula is C15H18F3NO2. The van der Waals surface area contributed by atoms with Crippen LogP contribution in [0.1, 0.15) is 32.1 Å². The fraction of sp³-hybridized carbons (Fsp3) is 0.600. The van der Waals surface area contributed by atoms with Crippen molar-refractivity contribution in [3.63, 3.8) is 0 Å². The Hall–Kier alpha value is -1.43. The number of halogens is 3. The Morgan fingerprint density at radius 1 is 1.10 bits per heavy atom. The monoisotopic (exact) mass is 301 g/mol. The lowest BCUT2D eigenvalue weighted by molar-refractivity contribution is -0.275. The molecule has 3 nitrogen and oxygen atoms in total. The van der Waals surface area contributed by atoms with Gasteiger partial charge in [-0.05, 0) is 25.0 Å². The fourth-order valence-electron chi connectivity index (χ4n) is 3.58. The van der Waals surface area contributed by atoms with Gasteiger partial charge in [0.1, 0.15) is 6.10 Å². The molecule has 0 saturated heterocycles. The van der Waals surface area contributed by atoms with Crippen LogP contribution in [-0.4, -0.2) is 18.5 Å². The van der Waals surface area contributed by atoms with Gasteiger partial charge in [0.2, 0.25) is 0 Å². The van der Waals surface area contributed by atoms with E-state index in [1.165, 1.54) is 18.2 Å². The van der Waals surface area contributed by atoms with Gasteiger partial charge in [0.25, 0.3) is 0 Å². The molecule has 1 spiro atoms. The summed E-state index contributed by atoms with van der Waals surface area (Å²) >= 11 is 0. The van der Waals surface area contributed by atoms with E-state index in [1.807, 2.05) is 0 Å². The predicted molar refractivity (Wildman–Crippen MR) is 71.0 cm³/mol. The van der Waals surface area contributed by atoms with E-state index in [2.05, 4.69) is 4.74 Å². The highest BCUT2D eigenvalue weighted by molar-refractivity contribution is 5.40. The van der Waals surface area contributed by atoms with Gasteiger partial charge in [-0.3, -0.25) is 0 Å². The average molecular weight is 301 g/mol. The van der Waals surface area contributed by atoms with Crippen molar-refractivity contribution in [2.75, 3.05) is 0 Å². The number of hydrogen-bond acceptors (Lipinski definition) is 3. The van der Waals surface area contributed by atoms with E-state index < -0.39 is 6.36 Å². The van der Waals surface area contributed by atoms with E-state index in [9.17, 15) is 13.2 Å². The van der Waals surface area contributed by atoms with E-state index in [4.69, 9.17) is 10.5 Å². The largest absolute Gasteiger partial charge is 0.573 e. The van der Waals surface area contributed by atoms with Crippen molar-refractivity contribution < 1.29 is 22.6 Å². The minimum atomic E-state index is -4.72. The number of alkyl halides is 3. The van der Waals surface area contributed by atoms with Gasteiger partial charge in [-0.1, -0.05) is 25.0 Å². The number of rotatable bonds is 3. The topological polar surface area (TPSA) is 44.5 Å². The van der Waals surface area contributed by atoms with Gasteiger partial charge >= 0.3 is 6.36 Å². The average Bonchev–Trinajstić information content (AvgIpc) is 2.91. The van der Waals surface area contributed by atoms with Crippen LogP contribution in [0.4, 0.5) is 13.2 Å². The molecule has 6 heteroatoms. The maximum absolute atomic E-state index is 12.4. The molecule has 0 aromatic heterocycles. The zero-order valence-electron chi connectivity index (χ0n) is 11.5. The van der Waals surface area contributed by atoms with E-state index >= 15 is 0 Å². The summed E-state index contributed by atoms with van der Waals surface area (Å²) in [5.74, 6) is -0.156. The van der Waals surface area contributed by atoms with Gasteiger partial charge < -0.3 is 15.2 Å². The van der Waals surface area contributed by atoms with E-state index in [-0.39, 0.29) is 29.1 Å². The standard InChI is InChI=1S/C15H18F3NO2/c16-15(17,18)21-11-6-2-1-5-10(11)20-13-9-12(19)14(13)7-3-4-8-14/h1-2,5-6,12-13H,3-4,7-9,19H2. The van der Waals surface area contributed by atoms with Crippen molar-refractivity contribution in [3.8, 4) is 11.5 Å². The molecule has 2 aliphatic rings. The fourth-order valence-corrected chi connectivity index (χ4v) is 3.58. The van der Waals surface area contributed by atoms with Crippen molar-refractivity contribution >= 4 is 0 Å². The molecule has 2 N–H and O–H groups in total. The molecular weight excluding hydrogens is 283 g/mol. The summed E-state index contributed by atoms with van der Waals surface area (Å²) in [6.45, 7) is 0. The maximum Gasteiger partial charge on any atom is 0.573 e. The molecule has 2 aliphatic carbocycles. The molecule has 0 bridgehead atoms. The third kappa shape index (κ3) is 2.69. The molecule has 0 amide bonds. The minimum Gasteiger partial charge on any atom is -0.486 e. The van der Waals surface area contributed by atoms with Crippen LogP contribution in [0.2, 0.25) is 0 Å². The lowest BCUT2D eigenvalue weighted by atomic mass is 9.61. The number of hydrogen-bond donors (Lipinski definition) is 1. The molecule has 1 aromatic rings. The summed E-state index contributed by atoms with van der Waals surface area (Å²) < 4.78 is 47.1. The first-order chi connectivity index (χ1) is 9.91. The van der Waals surface area contributed by atoms with Crippen molar-refractivity contribution in [1.82, 2.24) is 0 Å². The first-order valence-corrected chi connectivity index (χ1v) is 7.18. The van der Waals surface area contributed by atoms with Gasteiger partial charge in [0.05, 0.1) is 0 Å². The van der Waals surface area contributed by atoms with Crippen molar-refractivity contribution in [3.05, 3.63) is 24.3 Å². The molecule has 2 fully saturated rings. The predicted octanol–water partition coefficient (Wildman–Crippen LogP) is 3.62. The smallest absolute Gasteiger partial charge is 0.486 e. The molecule has 2 saturated carbocycles. The molecule has 0 heterocycles. The second-order valence-electron chi connectivity index (χ2n) is 5.88. The summed E-state index contributed by atoms with van der Waals surface area (Å²) in [4.78, 5) is 0. The number of ether oxygens (including phenoxy) is 2. The van der Waals surface area contributed by atoms with Gasteiger partial charge in [-0.25, -0.2) is 0 Å². The quantitative estimate of drug-likeness (QED) is 0.927. The first kappa shape index (κ1) is 14.5. The third-order valence-corrected chi connectivity index (χ3v) is 4.73. The summed E-state index contributed by atoms with van der Waals surface area (Å²) in [5.41, 5.74) is 6.05. The van der Waals surface area contributed by atoms with Crippen LogP contribution >= 0.6 is 0 Å². The molecule has 3 rings (SSSR count). The molecule has 116 valence electrons. The Morgan fingerprint density at radius 2 is 1.71 bits per heavy atom. The zero-order chi connectivity index (χ0) is 15.1. The van der Waals surface area contributed by atoms with Gasteiger partial charge in [-0.2, -0.15) is 0 Å². The van der Waals surface area contributed by atoms with Crippen molar-refractivity contribution in [2.24, 2.45) is 11.1 Å². The molecule has 2 unspecified atom stereocenters. The van der Waals surface area contributed by atoms with E-state index in [0.717, 1.165) is 25.7 Å². The minimum absolute atomic E-state index is 0.0641. The normalized spacial score (nSPS) is 27.4. The molecule has 0 aliphatic heterocycles. The molecule has 2 atom stereocenters.